The molecule has 82 valence electrons. The van der Waals surface area contributed by atoms with Crippen LogP contribution in [0, 0.1) is 17.0 Å². The van der Waals surface area contributed by atoms with Crippen LogP contribution in [-0.2, 0) is 6.42 Å². The van der Waals surface area contributed by atoms with Crippen LogP contribution in [0.4, 0.5) is 5.69 Å². The molecule has 0 N–H and O–H groups in total. The van der Waals surface area contributed by atoms with E-state index in [-0.39, 0.29) is 5.69 Å². The van der Waals surface area contributed by atoms with Gasteiger partial charge in [-0.2, -0.15) is 0 Å². The first kappa shape index (κ1) is 10.4. The molecule has 0 saturated heterocycles. The van der Waals surface area contributed by atoms with Gasteiger partial charge in [0.05, 0.1) is 17.5 Å². The highest BCUT2D eigenvalue weighted by Crippen LogP contribution is 2.20. The lowest BCUT2D eigenvalue weighted by atomic mass is 10.1. The van der Waals surface area contributed by atoms with Crippen LogP contribution in [0.15, 0.2) is 34.9 Å². The maximum Gasteiger partial charge on any atom is 0.273 e. The van der Waals surface area contributed by atoms with Gasteiger partial charge in [0.15, 0.2) is 5.89 Å². The summed E-state index contributed by atoms with van der Waals surface area (Å²) in [6.07, 6.45) is 1.94. The van der Waals surface area contributed by atoms with Crippen molar-refractivity contribution >= 4 is 5.69 Å². The lowest BCUT2D eigenvalue weighted by Crippen LogP contribution is -1.96. The average Bonchev–Trinajstić information content (AvgIpc) is 2.64. The molecule has 2 rings (SSSR count). The standard InChI is InChI=1S/C11H10N2O3/c1-8-7-12-11(16-8)6-9-4-2-3-5-10(9)13(14)15/h2-5,7H,6H2,1H3. The molecule has 2 aromatic rings. The number of para-hydroxylation sites is 1. The molecule has 0 unspecified atom stereocenters. The summed E-state index contributed by atoms with van der Waals surface area (Å²) in [7, 11) is 0. The van der Waals surface area contributed by atoms with Crippen LogP contribution in [0.1, 0.15) is 17.2 Å². The number of nitro benzene ring substituents is 1. The van der Waals surface area contributed by atoms with Crippen molar-refractivity contribution in [3.8, 4) is 0 Å². The lowest BCUT2D eigenvalue weighted by Gasteiger charge is -1.99. The zero-order valence-corrected chi connectivity index (χ0v) is 8.71. The monoisotopic (exact) mass is 218 g/mol. The van der Waals surface area contributed by atoms with Gasteiger partial charge in [-0.1, -0.05) is 18.2 Å². The number of hydrogen-bond donors (Lipinski definition) is 0. The van der Waals surface area contributed by atoms with Gasteiger partial charge < -0.3 is 4.42 Å². The molecule has 0 aliphatic rings. The summed E-state index contributed by atoms with van der Waals surface area (Å²) in [6, 6.07) is 6.59. The Hall–Kier alpha value is -2.17. The van der Waals surface area contributed by atoms with E-state index in [1.54, 1.807) is 31.3 Å². The lowest BCUT2D eigenvalue weighted by molar-refractivity contribution is -0.385. The van der Waals surface area contributed by atoms with Gasteiger partial charge in [-0.15, -0.1) is 0 Å². The second-order valence-corrected chi connectivity index (χ2v) is 3.43. The number of nitro groups is 1. The summed E-state index contributed by atoms with van der Waals surface area (Å²) in [5.41, 5.74) is 0.702. The molecule has 1 heterocycles. The van der Waals surface area contributed by atoms with Gasteiger partial charge in [0.1, 0.15) is 5.76 Å². The first-order chi connectivity index (χ1) is 7.66. The molecule has 0 spiro atoms. The minimum Gasteiger partial charge on any atom is -0.446 e. The van der Waals surface area contributed by atoms with Crippen LogP contribution >= 0.6 is 0 Å². The van der Waals surface area contributed by atoms with Gasteiger partial charge in [0.25, 0.3) is 5.69 Å². The number of nitrogens with zero attached hydrogens (tertiary/aromatic N) is 2. The number of aromatic nitrogens is 1. The summed E-state index contributed by atoms with van der Waals surface area (Å²) in [5.74, 6) is 1.19. The minimum atomic E-state index is -0.398. The topological polar surface area (TPSA) is 69.2 Å². The summed E-state index contributed by atoms with van der Waals surface area (Å²) in [4.78, 5) is 14.4. The predicted molar refractivity (Wildman–Crippen MR) is 57.1 cm³/mol. The Labute approximate surface area is 91.9 Å². The number of rotatable bonds is 3. The smallest absolute Gasteiger partial charge is 0.273 e. The molecule has 0 saturated carbocycles. The van der Waals surface area contributed by atoms with Crippen molar-refractivity contribution in [3.05, 3.63) is 57.8 Å². The van der Waals surface area contributed by atoms with E-state index in [9.17, 15) is 10.1 Å². The van der Waals surface area contributed by atoms with Gasteiger partial charge in [0, 0.05) is 11.6 Å². The van der Waals surface area contributed by atoms with E-state index >= 15 is 0 Å². The Balaban J connectivity index is 2.31. The molecule has 1 aromatic heterocycles. The molecule has 0 atom stereocenters. The molecule has 0 aliphatic carbocycles. The van der Waals surface area contributed by atoms with Crippen molar-refractivity contribution in [3.63, 3.8) is 0 Å². The fourth-order valence-electron chi connectivity index (χ4n) is 1.48. The van der Waals surface area contributed by atoms with E-state index in [1.165, 1.54) is 6.07 Å². The fourth-order valence-corrected chi connectivity index (χ4v) is 1.48. The molecular weight excluding hydrogens is 208 g/mol. The van der Waals surface area contributed by atoms with Crippen LogP contribution in [0.5, 0.6) is 0 Å². The first-order valence-electron chi connectivity index (χ1n) is 4.80. The Morgan fingerprint density at radius 3 is 2.81 bits per heavy atom. The van der Waals surface area contributed by atoms with E-state index in [0.717, 1.165) is 0 Å². The highest BCUT2D eigenvalue weighted by Gasteiger charge is 2.14. The minimum absolute atomic E-state index is 0.0957. The number of hydrogen-bond acceptors (Lipinski definition) is 4. The van der Waals surface area contributed by atoms with Crippen molar-refractivity contribution in [2.24, 2.45) is 0 Å². The second-order valence-electron chi connectivity index (χ2n) is 3.43. The van der Waals surface area contributed by atoms with Crippen molar-refractivity contribution in [1.29, 1.82) is 0 Å². The first-order valence-corrected chi connectivity index (χ1v) is 4.80. The van der Waals surface area contributed by atoms with E-state index in [0.29, 0.717) is 23.6 Å². The highest BCUT2D eigenvalue weighted by molar-refractivity contribution is 5.41. The van der Waals surface area contributed by atoms with E-state index in [4.69, 9.17) is 4.42 Å². The van der Waals surface area contributed by atoms with Crippen molar-refractivity contribution in [1.82, 2.24) is 4.98 Å². The zero-order chi connectivity index (χ0) is 11.5. The largest absolute Gasteiger partial charge is 0.446 e. The number of oxazole rings is 1. The molecule has 0 bridgehead atoms. The van der Waals surface area contributed by atoms with Gasteiger partial charge in [-0.05, 0) is 6.92 Å². The fraction of sp³-hybridized carbons (Fsp3) is 0.182. The van der Waals surface area contributed by atoms with Crippen LogP contribution in [0.3, 0.4) is 0 Å². The average molecular weight is 218 g/mol. The van der Waals surface area contributed by atoms with Gasteiger partial charge in [0.2, 0.25) is 0 Å². The highest BCUT2D eigenvalue weighted by atomic mass is 16.6. The molecule has 0 amide bonds. The quantitative estimate of drug-likeness (QED) is 0.586. The second kappa shape index (κ2) is 4.14. The Morgan fingerprint density at radius 2 is 2.19 bits per heavy atom. The molecule has 5 heteroatoms. The van der Waals surface area contributed by atoms with Gasteiger partial charge in [-0.25, -0.2) is 4.98 Å². The van der Waals surface area contributed by atoms with Crippen LogP contribution in [-0.4, -0.2) is 9.91 Å². The van der Waals surface area contributed by atoms with E-state index in [1.807, 2.05) is 0 Å². The van der Waals surface area contributed by atoms with Crippen LogP contribution in [0.2, 0.25) is 0 Å². The maximum atomic E-state index is 10.8. The molecule has 0 radical (unpaired) electrons. The molecular formula is C11H10N2O3. The summed E-state index contributed by atoms with van der Waals surface area (Å²) < 4.78 is 5.29. The molecule has 1 aromatic carbocycles. The van der Waals surface area contributed by atoms with Gasteiger partial charge >= 0.3 is 0 Å². The van der Waals surface area contributed by atoms with Crippen molar-refractivity contribution in [2.75, 3.05) is 0 Å². The Bertz CT molecular complexity index is 519. The summed E-state index contributed by atoms with van der Waals surface area (Å²) >= 11 is 0. The van der Waals surface area contributed by atoms with Gasteiger partial charge in [-0.3, -0.25) is 10.1 Å². The number of aryl methyl sites for hydroxylation is 1. The van der Waals surface area contributed by atoms with Crippen LogP contribution in [0.25, 0.3) is 0 Å². The normalized spacial score (nSPS) is 10.3. The molecule has 0 fully saturated rings. The summed E-state index contributed by atoms with van der Waals surface area (Å²) in [6.45, 7) is 1.79. The SMILES string of the molecule is Cc1cnc(Cc2ccccc2[N+](=O)[O-])o1. The molecule has 16 heavy (non-hydrogen) atoms. The third-order valence-corrected chi connectivity index (χ3v) is 2.20. The summed E-state index contributed by atoms with van der Waals surface area (Å²) in [5, 5.41) is 10.8. The Kier molecular flexibility index (Phi) is 2.68. The predicted octanol–water partition coefficient (Wildman–Crippen LogP) is 2.48. The zero-order valence-electron chi connectivity index (χ0n) is 8.71. The van der Waals surface area contributed by atoms with E-state index in [2.05, 4.69) is 4.98 Å². The third-order valence-electron chi connectivity index (χ3n) is 2.20. The van der Waals surface area contributed by atoms with E-state index < -0.39 is 4.92 Å². The molecule has 0 aliphatic heterocycles. The molecule has 5 nitrogen and oxygen atoms in total. The van der Waals surface area contributed by atoms with Crippen molar-refractivity contribution < 1.29 is 9.34 Å². The third kappa shape index (κ3) is 2.08. The Morgan fingerprint density at radius 1 is 1.44 bits per heavy atom. The van der Waals surface area contributed by atoms with Crippen LogP contribution < -0.4 is 0 Å². The van der Waals surface area contributed by atoms with Crippen molar-refractivity contribution in [2.45, 2.75) is 13.3 Å². The maximum absolute atomic E-state index is 10.8. The number of benzene rings is 1.